The number of benzene rings is 1. The monoisotopic (exact) mass is 297 g/mol. The van der Waals surface area contributed by atoms with Crippen LogP contribution in [-0.2, 0) is 6.54 Å². The molecule has 5 nitrogen and oxygen atoms in total. The van der Waals surface area contributed by atoms with Gasteiger partial charge in [0.25, 0.3) is 5.82 Å². The lowest BCUT2D eigenvalue weighted by Crippen LogP contribution is -2.47. The number of hydrogen-bond acceptors (Lipinski definition) is 4. The summed E-state index contributed by atoms with van der Waals surface area (Å²) in [5, 5.41) is 10.9. The highest BCUT2D eigenvalue weighted by Crippen LogP contribution is 2.13. The first-order chi connectivity index (χ1) is 10.7. The van der Waals surface area contributed by atoms with E-state index in [0.29, 0.717) is 0 Å². The van der Waals surface area contributed by atoms with Crippen LogP contribution in [0.25, 0.3) is 0 Å². The Balaban J connectivity index is 1.58. The molecule has 1 fully saturated rings. The van der Waals surface area contributed by atoms with E-state index in [9.17, 15) is 9.90 Å². The fourth-order valence-corrected chi connectivity index (χ4v) is 2.78. The van der Waals surface area contributed by atoms with Crippen molar-refractivity contribution in [3.8, 4) is 0 Å². The Labute approximate surface area is 129 Å². The molecule has 114 valence electrons. The third-order valence-corrected chi connectivity index (χ3v) is 3.97. The lowest BCUT2D eigenvalue weighted by Gasteiger charge is -2.31. The highest BCUT2D eigenvalue weighted by atomic mass is 16.4. The standard InChI is InChI=1S/C17H19N3O2/c21-17(22)15-5-3-4-14(12-15)13-19-8-10-20(11-9-19)16-6-1-2-7-18-16/h1-7,12H,8-11,13H2,(H,21,22). The zero-order valence-corrected chi connectivity index (χ0v) is 12.4. The highest BCUT2D eigenvalue weighted by molar-refractivity contribution is 5.85. The molecular formula is C17H19N3O2. The summed E-state index contributed by atoms with van der Waals surface area (Å²) >= 11 is 0. The molecule has 2 heterocycles. The zero-order chi connectivity index (χ0) is 15.4. The van der Waals surface area contributed by atoms with E-state index >= 15 is 0 Å². The topological polar surface area (TPSA) is 60.8 Å². The van der Waals surface area contributed by atoms with Crippen molar-refractivity contribution in [1.82, 2.24) is 4.90 Å². The van der Waals surface area contributed by atoms with Crippen LogP contribution in [-0.4, -0.2) is 37.0 Å². The van der Waals surface area contributed by atoms with Crippen LogP contribution in [0.1, 0.15) is 15.9 Å². The van der Waals surface area contributed by atoms with Crippen LogP contribution in [0.15, 0.2) is 48.7 Å². The van der Waals surface area contributed by atoms with Crippen LogP contribution in [0.4, 0.5) is 5.82 Å². The molecule has 1 aromatic heterocycles. The van der Waals surface area contributed by atoms with Gasteiger partial charge in [-0.1, -0.05) is 24.3 Å². The average molecular weight is 297 g/mol. The predicted molar refractivity (Wildman–Crippen MR) is 81.3 cm³/mol. The summed E-state index contributed by atoms with van der Waals surface area (Å²) in [4.78, 5) is 18.8. The number of aromatic amines is 1. The summed E-state index contributed by atoms with van der Waals surface area (Å²) < 4.78 is 0. The summed E-state index contributed by atoms with van der Waals surface area (Å²) in [6.07, 6.45) is 1.94. The summed E-state index contributed by atoms with van der Waals surface area (Å²) in [7, 11) is 0. The van der Waals surface area contributed by atoms with Gasteiger partial charge in [0.05, 0.1) is 25.3 Å². The van der Waals surface area contributed by atoms with Gasteiger partial charge in [-0.3, -0.25) is 9.80 Å². The molecule has 1 aliphatic rings. The Kier molecular flexibility index (Phi) is 4.34. The van der Waals surface area contributed by atoms with Crippen LogP contribution < -0.4 is 15.0 Å². The number of carboxylic acids is 1. The molecule has 0 atom stereocenters. The number of carbonyl (C=O) groups is 1. The van der Waals surface area contributed by atoms with Gasteiger partial charge in [0.1, 0.15) is 0 Å². The molecule has 0 aliphatic carbocycles. The molecule has 0 unspecified atom stereocenters. The average Bonchev–Trinajstić information content (AvgIpc) is 2.56. The zero-order valence-electron chi connectivity index (χ0n) is 12.4. The minimum Gasteiger partial charge on any atom is -0.545 e. The molecule has 0 bridgehead atoms. The number of carboxylic acid groups (broad SMARTS) is 1. The maximum atomic E-state index is 10.9. The lowest BCUT2D eigenvalue weighted by molar-refractivity contribution is -0.364. The number of H-pyrrole nitrogens is 1. The second-order valence-electron chi connectivity index (χ2n) is 5.50. The van der Waals surface area contributed by atoms with Crippen LogP contribution in [0.3, 0.4) is 0 Å². The Morgan fingerprint density at radius 1 is 1.09 bits per heavy atom. The number of nitrogens with zero attached hydrogens (tertiary/aromatic N) is 2. The normalized spacial score (nSPS) is 15.7. The molecule has 0 amide bonds. The third kappa shape index (κ3) is 3.43. The Bertz CT molecular complexity index is 637. The fraction of sp³-hybridized carbons (Fsp3) is 0.294. The van der Waals surface area contributed by atoms with Crippen molar-refractivity contribution in [3.63, 3.8) is 0 Å². The van der Waals surface area contributed by atoms with Crippen molar-refractivity contribution in [1.29, 1.82) is 0 Å². The van der Waals surface area contributed by atoms with Gasteiger partial charge in [-0.05, 0) is 23.3 Å². The quantitative estimate of drug-likeness (QED) is 0.808. The van der Waals surface area contributed by atoms with Crippen molar-refractivity contribution >= 4 is 11.8 Å². The van der Waals surface area contributed by atoms with Gasteiger partial charge in [0, 0.05) is 25.7 Å². The van der Waals surface area contributed by atoms with E-state index < -0.39 is 5.97 Å². The van der Waals surface area contributed by atoms with Crippen LogP contribution in [0, 0.1) is 0 Å². The third-order valence-electron chi connectivity index (χ3n) is 3.97. The van der Waals surface area contributed by atoms with Crippen molar-refractivity contribution < 1.29 is 14.9 Å². The number of hydrogen-bond donors (Lipinski definition) is 0. The van der Waals surface area contributed by atoms with Crippen molar-refractivity contribution in [2.75, 3.05) is 31.1 Å². The molecule has 2 aromatic rings. The van der Waals surface area contributed by atoms with Crippen LogP contribution >= 0.6 is 0 Å². The summed E-state index contributed by atoms with van der Waals surface area (Å²) in [6.45, 7) is 4.60. The van der Waals surface area contributed by atoms with E-state index in [2.05, 4.69) is 20.9 Å². The van der Waals surface area contributed by atoms with Gasteiger partial charge in [-0.25, -0.2) is 4.98 Å². The first-order valence-corrected chi connectivity index (χ1v) is 7.47. The fourth-order valence-electron chi connectivity index (χ4n) is 2.78. The lowest BCUT2D eigenvalue weighted by atomic mass is 10.1. The molecule has 0 saturated carbocycles. The minimum atomic E-state index is -1.12. The SMILES string of the molecule is O=C([O-])c1cccc(CN2CCN(c3cccc[nH+]3)CC2)c1. The molecule has 1 N–H and O–H groups in total. The van der Waals surface area contributed by atoms with E-state index in [4.69, 9.17) is 0 Å². The molecule has 5 heteroatoms. The summed E-state index contributed by atoms with van der Waals surface area (Å²) in [5.74, 6) is 0.0207. The van der Waals surface area contributed by atoms with E-state index in [1.165, 1.54) is 0 Å². The highest BCUT2D eigenvalue weighted by Gasteiger charge is 2.22. The van der Waals surface area contributed by atoms with Gasteiger partial charge in [0.15, 0.2) is 0 Å². The minimum absolute atomic E-state index is 0.245. The van der Waals surface area contributed by atoms with Gasteiger partial charge in [0.2, 0.25) is 0 Å². The molecular weight excluding hydrogens is 278 g/mol. The predicted octanol–water partition coefficient (Wildman–Crippen LogP) is 0.186. The van der Waals surface area contributed by atoms with E-state index in [1.54, 1.807) is 18.2 Å². The van der Waals surface area contributed by atoms with Crippen molar-refractivity contribution in [3.05, 3.63) is 59.8 Å². The van der Waals surface area contributed by atoms with Gasteiger partial charge in [-0.2, -0.15) is 0 Å². The molecule has 0 radical (unpaired) electrons. The second-order valence-corrected chi connectivity index (χ2v) is 5.50. The number of carbonyl (C=O) groups excluding carboxylic acids is 1. The molecule has 1 saturated heterocycles. The Morgan fingerprint density at radius 2 is 1.91 bits per heavy atom. The van der Waals surface area contributed by atoms with E-state index in [0.717, 1.165) is 44.1 Å². The molecule has 3 rings (SSSR count). The number of rotatable bonds is 4. The number of nitrogens with one attached hydrogen (secondary N) is 1. The number of piperazine rings is 1. The summed E-state index contributed by atoms with van der Waals surface area (Å²) in [5.41, 5.74) is 1.26. The van der Waals surface area contributed by atoms with Crippen LogP contribution in [0.5, 0.6) is 0 Å². The number of pyridine rings is 1. The van der Waals surface area contributed by atoms with E-state index in [1.807, 2.05) is 24.4 Å². The van der Waals surface area contributed by atoms with Crippen molar-refractivity contribution in [2.45, 2.75) is 6.54 Å². The molecule has 1 aromatic carbocycles. The largest absolute Gasteiger partial charge is 0.545 e. The van der Waals surface area contributed by atoms with Gasteiger partial charge < -0.3 is 9.90 Å². The number of aromatic nitrogens is 1. The first kappa shape index (κ1) is 14.5. The van der Waals surface area contributed by atoms with Gasteiger partial charge in [-0.15, -0.1) is 0 Å². The summed E-state index contributed by atoms with van der Waals surface area (Å²) in [6, 6.07) is 13.1. The Hall–Kier alpha value is -2.40. The van der Waals surface area contributed by atoms with E-state index in [-0.39, 0.29) is 5.56 Å². The molecule has 0 spiro atoms. The number of aromatic carboxylic acids is 1. The van der Waals surface area contributed by atoms with Crippen LogP contribution in [0.2, 0.25) is 0 Å². The first-order valence-electron chi connectivity index (χ1n) is 7.47. The maximum Gasteiger partial charge on any atom is 0.274 e. The maximum absolute atomic E-state index is 10.9. The molecule has 1 aliphatic heterocycles. The second kappa shape index (κ2) is 6.58. The van der Waals surface area contributed by atoms with Gasteiger partial charge >= 0.3 is 0 Å². The smallest absolute Gasteiger partial charge is 0.274 e. The Morgan fingerprint density at radius 3 is 2.59 bits per heavy atom. The number of anilines is 1. The molecule has 22 heavy (non-hydrogen) atoms. The van der Waals surface area contributed by atoms with Crippen molar-refractivity contribution in [2.24, 2.45) is 0 Å².